The van der Waals surface area contributed by atoms with Crippen molar-refractivity contribution >= 4 is 11.6 Å². The molecule has 0 saturated heterocycles. The largest absolute Gasteiger partial charge is 0.423 e. The lowest BCUT2D eigenvalue weighted by Gasteiger charge is -2.23. The fraction of sp³-hybridized carbons (Fsp3) is 0.400. The van der Waals surface area contributed by atoms with Crippen LogP contribution in [0.1, 0.15) is 59.2 Å². The van der Waals surface area contributed by atoms with Crippen LogP contribution in [0.4, 0.5) is 5.69 Å². The molecule has 7 nitrogen and oxygen atoms in total. The zero-order valence-electron chi connectivity index (χ0n) is 15.3. The van der Waals surface area contributed by atoms with Crippen molar-refractivity contribution in [1.82, 2.24) is 15.4 Å². The van der Waals surface area contributed by atoms with Crippen molar-refractivity contribution in [3.63, 3.8) is 0 Å². The molecule has 7 heteroatoms. The number of benzene rings is 1. The maximum atomic E-state index is 13.3. The average Bonchev–Trinajstić information content (AvgIpc) is 3.14. The first-order chi connectivity index (χ1) is 13.1. The quantitative estimate of drug-likeness (QED) is 0.705. The third kappa shape index (κ3) is 2.74. The van der Waals surface area contributed by atoms with Crippen LogP contribution in [-0.2, 0) is 17.6 Å². The van der Waals surface area contributed by atoms with Crippen LogP contribution in [-0.4, -0.2) is 21.3 Å². The van der Waals surface area contributed by atoms with E-state index in [1.165, 1.54) is 0 Å². The number of fused-ring (bicyclic) bond motifs is 1. The van der Waals surface area contributed by atoms with Crippen molar-refractivity contribution < 1.29 is 13.7 Å². The van der Waals surface area contributed by atoms with Crippen LogP contribution in [0.2, 0.25) is 0 Å². The molecule has 1 aliphatic carbocycles. The number of hydrogen-bond donors (Lipinski definition) is 0. The fourth-order valence-electron chi connectivity index (χ4n) is 3.76. The number of aryl methyl sites for hydroxylation is 2. The highest BCUT2D eigenvalue weighted by Gasteiger charge is 2.39. The highest BCUT2D eigenvalue weighted by molar-refractivity contribution is 5.97. The van der Waals surface area contributed by atoms with E-state index in [0.717, 1.165) is 35.3 Å². The minimum absolute atomic E-state index is 0.0227. The molecule has 0 bridgehead atoms. The summed E-state index contributed by atoms with van der Waals surface area (Å²) >= 11 is 0. The van der Waals surface area contributed by atoms with Gasteiger partial charge in [-0.25, -0.2) is 0 Å². The van der Waals surface area contributed by atoms with Crippen molar-refractivity contribution in [3.05, 3.63) is 58.6 Å². The highest BCUT2D eigenvalue weighted by atomic mass is 16.5. The molecule has 1 fully saturated rings. The molecule has 1 aliphatic heterocycles. The Kier molecular flexibility index (Phi) is 3.63. The number of carbonyl (C=O) groups is 1. The Balaban J connectivity index is 1.49. The number of hydrogen-bond acceptors (Lipinski definition) is 6. The lowest BCUT2D eigenvalue weighted by Crippen LogP contribution is -2.33. The van der Waals surface area contributed by atoms with Gasteiger partial charge in [-0.05, 0) is 38.3 Å². The smallest absolute Gasteiger partial charge is 0.239 e. The minimum Gasteiger partial charge on any atom is -0.423 e. The molecule has 1 aromatic carbocycles. The Morgan fingerprint density at radius 3 is 2.70 bits per heavy atom. The predicted molar refractivity (Wildman–Crippen MR) is 96.3 cm³/mol. The third-order valence-corrected chi connectivity index (χ3v) is 5.42. The topological polar surface area (TPSA) is 85.3 Å². The molecule has 2 aliphatic rings. The van der Waals surface area contributed by atoms with Crippen LogP contribution in [0, 0.1) is 13.8 Å². The van der Waals surface area contributed by atoms with Gasteiger partial charge >= 0.3 is 0 Å². The standard InChI is InChI=1S/C20H20N4O3/c1-11-15(12(2)27-23-11)10-18(25)24-16-6-4-3-5-14(16)9-17(24)20-22-21-19(26-20)13-7-8-13/h3-6,13,17H,7-10H2,1-2H3. The number of amides is 1. The van der Waals surface area contributed by atoms with Gasteiger partial charge < -0.3 is 8.94 Å². The normalized spacial score (nSPS) is 18.7. The molecule has 138 valence electrons. The van der Waals surface area contributed by atoms with Crippen molar-refractivity contribution in [2.45, 2.75) is 51.5 Å². The second kappa shape index (κ2) is 6.04. The van der Waals surface area contributed by atoms with E-state index in [4.69, 9.17) is 8.94 Å². The average molecular weight is 364 g/mol. The number of para-hydroxylation sites is 1. The van der Waals surface area contributed by atoms with Crippen LogP contribution in [0.5, 0.6) is 0 Å². The molecule has 0 N–H and O–H groups in total. The fourth-order valence-corrected chi connectivity index (χ4v) is 3.76. The highest BCUT2D eigenvalue weighted by Crippen LogP contribution is 2.43. The number of anilines is 1. The van der Waals surface area contributed by atoms with E-state index in [2.05, 4.69) is 15.4 Å². The van der Waals surface area contributed by atoms with E-state index >= 15 is 0 Å². The Labute approximate surface area is 156 Å². The molecule has 1 unspecified atom stereocenters. The number of rotatable bonds is 4. The summed E-state index contributed by atoms with van der Waals surface area (Å²) in [7, 11) is 0. The van der Waals surface area contributed by atoms with Crippen LogP contribution in [0.15, 0.2) is 33.2 Å². The first kappa shape index (κ1) is 16.2. The summed E-state index contributed by atoms with van der Waals surface area (Å²) < 4.78 is 11.2. The summed E-state index contributed by atoms with van der Waals surface area (Å²) in [5, 5.41) is 12.4. The van der Waals surface area contributed by atoms with E-state index in [-0.39, 0.29) is 18.4 Å². The summed E-state index contributed by atoms with van der Waals surface area (Å²) in [5.41, 5.74) is 3.61. The predicted octanol–water partition coefficient (Wildman–Crippen LogP) is 3.42. The van der Waals surface area contributed by atoms with Gasteiger partial charge in [0.2, 0.25) is 17.7 Å². The Bertz CT molecular complexity index is 998. The van der Waals surface area contributed by atoms with E-state index < -0.39 is 0 Å². The third-order valence-electron chi connectivity index (χ3n) is 5.42. The van der Waals surface area contributed by atoms with Gasteiger partial charge in [0, 0.05) is 23.6 Å². The maximum absolute atomic E-state index is 13.3. The van der Waals surface area contributed by atoms with Crippen LogP contribution < -0.4 is 4.90 Å². The zero-order chi connectivity index (χ0) is 18.5. The van der Waals surface area contributed by atoms with Gasteiger partial charge in [0.15, 0.2) is 0 Å². The second-order valence-electron chi connectivity index (χ2n) is 7.34. The van der Waals surface area contributed by atoms with Crippen LogP contribution >= 0.6 is 0 Å². The molecule has 0 spiro atoms. The SMILES string of the molecule is Cc1noc(C)c1CC(=O)N1c2ccccc2CC1c1nnc(C2CC2)o1. The summed E-state index contributed by atoms with van der Waals surface area (Å²) in [6, 6.07) is 7.68. The summed E-state index contributed by atoms with van der Waals surface area (Å²) in [5.74, 6) is 2.25. The molecule has 2 aromatic heterocycles. The first-order valence-corrected chi connectivity index (χ1v) is 9.27. The molecule has 0 radical (unpaired) electrons. The van der Waals surface area contributed by atoms with Gasteiger partial charge in [-0.15, -0.1) is 10.2 Å². The van der Waals surface area contributed by atoms with Gasteiger partial charge in [-0.1, -0.05) is 23.4 Å². The van der Waals surface area contributed by atoms with Gasteiger partial charge in [0.1, 0.15) is 11.8 Å². The maximum Gasteiger partial charge on any atom is 0.239 e. The summed E-state index contributed by atoms with van der Waals surface area (Å²) in [6.07, 6.45) is 3.11. The monoisotopic (exact) mass is 364 g/mol. The Morgan fingerprint density at radius 1 is 1.19 bits per heavy atom. The molecular formula is C20H20N4O3. The molecule has 1 amide bonds. The molecule has 1 atom stereocenters. The van der Waals surface area contributed by atoms with Crippen LogP contribution in [0.3, 0.4) is 0 Å². The minimum atomic E-state index is -0.268. The molecule has 27 heavy (non-hydrogen) atoms. The first-order valence-electron chi connectivity index (χ1n) is 9.27. The molecule has 3 aromatic rings. The lowest BCUT2D eigenvalue weighted by molar-refractivity contribution is -0.118. The molecule has 3 heterocycles. The lowest BCUT2D eigenvalue weighted by atomic mass is 10.1. The number of nitrogens with zero attached hydrogens (tertiary/aromatic N) is 4. The van der Waals surface area contributed by atoms with Gasteiger partial charge in [-0.2, -0.15) is 0 Å². The Hall–Kier alpha value is -2.96. The summed E-state index contributed by atoms with van der Waals surface area (Å²) in [6.45, 7) is 3.69. The van der Waals surface area contributed by atoms with Gasteiger partial charge in [0.05, 0.1) is 12.1 Å². The number of carbonyl (C=O) groups excluding carboxylic acids is 1. The van der Waals surface area contributed by atoms with Crippen molar-refractivity contribution in [1.29, 1.82) is 0 Å². The van der Waals surface area contributed by atoms with E-state index in [1.807, 2.05) is 38.1 Å². The van der Waals surface area contributed by atoms with Crippen molar-refractivity contribution in [2.24, 2.45) is 0 Å². The Morgan fingerprint density at radius 2 is 1.96 bits per heavy atom. The van der Waals surface area contributed by atoms with Gasteiger partial charge in [-0.3, -0.25) is 9.69 Å². The summed E-state index contributed by atoms with van der Waals surface area (Å²) in [4.78, 5) is 15.1. The molecule has 5 rings (SSSR count). The zero-order valence-corrected chi connectivity index (χ0v) is 15.3. The van der Waals surface area contributed by atoms with Crippen molar-refractivity contribution in [2.75, 3.05) is 4.90 Å². The second-order valence-corrected chi connectivity index (χ2v) is 7.34. The van der Waals surface area contributed by atoms with Gasteiger partial charge in [0.25, 0.3) is 0 Å². The number of aromatic nitrogens is 3. The molecular weight excluding hydrogens is 344 g/mol. The van der Waals surface area contributed by atoms with Crippen molar-refractivity contribution in [3.8, 4) is 0 Å². The molecule has 1 saturated carbocycles. The van der Waals surface area contributed by atoms with E-state index in [0.29, 0.717) is 29.9 Å². The van der Waals surface area contributed by atoms with E-state index in [1.54, 1.807) is 4.90 Å². The van der Waals surface area contributed by atoms with Crippen LogP contribution in [0.25, 0.3) is 0 Å². The van der Waals surface area contributed by atoms with E-state index in [9.17, 15) is 4.79 Å².